The molecule has 0 saturated heterocycles. The monoisotopic (exact) mass is 455 g/mol. The van der Waals surface area contributed by atoms with Crippen molar-refractivity contribution in [2.45, 2.75) is 26.8 Å². The van der Waals surface area contributed by atoms with E-state index in [4.69, 9.17) is 14.2 Å². The van der Waals surface area contributed by atoms with Gasteiger partial charge in [-0.1, -0.05) is 6.07 Å². The summed E-state index contributed by atoms with van der Waals surface area (Å²) in [5, 5.41) is 0.471. The summed E-state index contributed by atoms with van der Waals surface area (Å²) >= 11 is 0. The molecule has 0 N–H and O–H groups in total. The van der Waals surface area contributed by atoms with Gasteiger partial charge < -0.3 is 18.8 Å². The van der Waals surface area contributed by atoms with Crippen LogP contribution in [0.1, 0.15) is 29.8 Å². The van der Waals surface area contributed by atoms with Crippen LogP contribution >= 0.6 is 0 Å². The van der Waals surface area contributed by atoms with Gasteiger partial charge in [0.2, 0.25) is 5.43 Å². The summed E-state index contributed by atoms with van der Waals surface area (Å²) in [5.74, 6) is -0.618. The summed E-state index contributed by atoms with van der Waals surface area (Å²) < 4.78 is 43.8. The summed E-state index contributed by atoms with van der Waals surface area (Å²) in [6.07, 6.45) is 3.12. The Morgan fingerprint density at radius 3 is 2.35 bits per heavy atom. The van der Waals surface area contributed by atoms with Crippen LogP contribution in [-0.4, -0.2) is 64.9 Å². The number of aryl methyl sites for hydroxylation is 1. The lowest BCUT2D eigenvalue weighted by atomic mass is 10.1. The third-order valence-corrected chi connectivity index (χ3v) is 5.01. The largest absolute Gasteiger partial charge is 0.462 e. The topological polar surface area (TPSA) is 110 Å². The number of ether oxygens (including phenoxy) is 3. The lowest BCUT2D eigenvalue weighted by Crippen LogP contribution is -2.21. The SMILES string of the molecule is CCOC(=O)c1cn(CC)c2ccc(CCOCCOCCOS(C)(=O)=O)cc2c1=O. The molecular formula is C21H29NO8S. The van der Waals surface area contributed by atoms with Crippen LogP contribution in [0.5, 0.6) is 0 Å². The normalized spacial score (nSPS) is 11.7. The van der Waals surface area contributed by atoms with Crippen LogP contribution in [0.3, 0.4) is 0 Å². The molecule has 31 heavy (non-hydrogen) atoms. The van der Waals surface area contributed by atoms with Gasteiger partial charge in [0.05, 0.1) is 51.4 Å². The number of nitrogens with zero attached hydrogens (tertiary/aromatic N) is 1. The van der Waals surface area contributed by atoms with E-state index in [1.807, 2.05) is 23.6 Å². The average molecular weight is 456 g/mol. The number of esters is 1. The summed E-state index contributed by atoms with van der Waals surface area (Å²) in [6.45, 7) is 5.67. The van der Waals surface area contributed by atoms with Crippen molar-refractivity contribution in [3.63, 3.8) is 0 Å². The predicted octanol–water partition coefficient (Wildman–Crippen LogP) is 1.75. The molecule has 0 aliphatic carbocycles. The second-order valence-electron chi connectivity index (χ2n) is 6.73. The van der Waals surface area contributed by atoms with Gasteiger partial charge in [0.1, 0.15) is 5.56 Å². The highest BCUT2D eigenvalue weighted by molar-refractivity contribution is 7.85. The molecule has 1 heterocycles. The van der Waals surface area contributed by atoms with Crippen molar-refractivity contribution in [2.24, 2.45) is 0 Å². The standard InChI is InChI=1S/C21H29NO8S/c1-4-22-15-18(21(24)29-5-2)20(23)17-14-16(6-7-19(17)22)8-9-27-10-11-28-12-13-30-31(3,25)26/h6-7,14-15H,4-5,8-13H2,1-3H3. The Bertz CT molecular complexity index is 1050. The highest BCUT2D eigenvalue weighted by Crippen LogP contribution is 2.16. The van der Waals surface area contributed by atoms with Crippen LogP contribution in [0.25, 0.3) is 10.9 Å². The van der Waals surface area contributed by atoms with E-state index in [0.717, 1.165) is 17.3 Å². The van der Waals surface area contributed by atoms with Gasteiger partial charge in [-0.2, -0.15) is 8.42 Å². The zero-order valence-corrected chi connectivity index (χ0v) is 18.9. The molecule has 10 heteroatoms. The predicted molar refractivity (Wildman–Crippen MR) is 116 cm³/mol. The van der Waals surface area contributed by atoms with Gasteiger partial charge in [-0.25, -0.2) is 4.79 Å². The molecule has 0 amide bonds. The molecule has 0 aliphatic heterocycles. The van der Waals surface area contributed by atoms with Crippen LogP contribution in [-0.2, 0) is 41.5 Å². The Balaban J connectivity index is 1.93. The van der Waals surface area contributed by atoms with E-state index in [1.165, 1.54) is 0 Å². The summed E-state index contributed by atoms with van der Waals surface area (Å²) in [5.41, 5.74) is 1.36. The molecule has 0 fully saturated rings. The maximum atomic E-state index is 12.8. The maximum Gasteiger partial charge on any atom is 0.343 e. The molecule has 1 aromatic carbocycles. The first-order valence-electron chi connectivity index (χ1n) is 10.1. The molecule has 1 aromatic heterocycles. The third-order valence-electron chi connectivity index (χ3n) is 4.41. The number of hydrogen-bond donors (Lipinski definition) is 0. The van der Waals surface area contributed by atoms with Crippen molar-refractivity contribution in [3.8, 4) is 0 Å². The zero-order valence-electron chi connectivity index (χ0n) is 18.1. The van der Waals surface area contributed by atoms with Crippen molar-refractivity contribution in [3.05, 3.63) is 45.7 Å². The highest BCUT2D eigenvalue weighted by atomic mass is 32.2. The van der Waals surface area contributed by atoms with Gasteiger partial charge >= 0.3 is 5.97 Å². The highest BCUT2D eigenvalue weighted by Gasteiger charge is 2.16. The fourth-order valence-corrected chi connectivity index (χ4v) is 3.34. The number of fused-ring (bicyclic) bond motifs is 1. The molecule has 172 valence electrons. The second kappa shape index (κ2) is 11.9. The van der Waals surface area contributed by atoms with E-state index in [0.29, 0.717) is 38.2 Å². The van der Waals surface area contributed by atoms with Crippen molar-refractivity contribution < 1.29 is 31.6 Å². The number of carbonyl (C=O) groups excluding carboxylic acids is 1. The molecule has 0 atom stereocenters. The van der Waals surface area contributed by atoms with Crippen LogP contribution in [0.4, 0.5) is 0 Å². The summed E-state index contributed by atoms with van der Waals surface area (Å²) in [6, 6.07) is 5.59. The Morgan fingerprint density at radius 2 is 1.71 bits per heavy atom. The Labute approximate surface area is 182 Å². The number of carbonyl (C=O) groups is 1. The van der Waals surface area contributed by atoms with Gasteiger partial charge in [-0.15, -0.1) is 0 Å². The molecule has 0 aliphatic rings. The number of benzene rings is 1. The molecule has 0 unspecified atom stereocenters. The van der Waals surface area contributed by atoms with E-state index in [1.54, 1.807) is 19.2 Å². The van der Waals surface area contributed by atoms with Crippen LogP contribution < -0.4 is 5.43 Å². The maximum absolute atomic E-state index is 12.8. The van der Waals surface area contributed by atoms with E-state index in [2.05, 4.69) is 4.18 Å². The first-order valence-corrected chi connectivity index (χ1v) is 11.9. The van der Waals surface area contributed by atoms with Crippen LogP contribution in [0, 0.1) is 0 Å². The molecule has 9 nitrogen and oxygen atoms in total. The van der Waals surface area contributed by atoms with Crippen molar-refractivity contribution in [1.82, 2.24) is 4.57 Å². The Morgan fingerprint density at radius 1 is 1.03 bits per heavy atom. The molecule has 0 radical (unpaired) electrons. The van der Waals surface area contributed by atoms with Gasteiger partial charge in [-0.3, -0.25) is 8.98 Å². The lowest BCUT2D eigenvalue weighted by molar-refractivity contribution is 0.0382. The zero-order chi connectivity index (χ0) is 22.9. The molecule has 0 saturated carbocycles. The fourth-order valence-electron chi connectivity index (χ4n) is 2.97. The van der Waals surface area contributed by atoms with Crippen molar-refractivity contribution >= 4 is 27.0 Å². The number of aromatic nitrogens is 1. The Kier molecular flexibility index (Phi) is 9.63. The lowest BCUT2D eigenvalue weighted by Gasteiger charge is -2.12. The average Bonchev–Trinajstić information content (AvgIpc) is 2.72. The molecular weight excluding hydrogens is 426 g/mol. The van der Waals surface area contributed by atoms with Gasteiger partial charge in [0.15, 0.2) is 0 Å². The summed E-state index contributed by atoms with van der Waals surface area (Å²) in [7, 11) is -3.45. The minimum atomic E-state index is -3.45. The van der Waals surface area contributed by atoms with Gasteiger partial charge in [0.25, 0.3) is 10.1 Å². The number of pyridine rings is 1. The smallest absolute Gasteiger partial charge is 0.343 e. The first kappa shape index (κ1) is 25.0. The number of rotatable bonds is 13. The summed E-state index contributed by atoms with van der Waals surface area (Å²) in [4.78, 5) is 25.0. The van der Waals surface area contributed by atoms with Gasteiger partial charge in [0, 0.05) is 18.1 Å². The third kappa shape index (κ3) is 7.73. The minimum absolute atomic E-state index is 0.0288. The molecule has 0 bridgehead atoms. The Hall–Kier alpha value is -2.27. The first-order chi connectivity index (χ1) is 14.8. The number of hydrogen-bond acceptors (Lipinski definition) is 8. The molecule has 2 aromatic rings. The molecule has 0 spiro atoms. The fraction of sp³-hybridized carbons (Fsp3) is 0.524. The van der Waals surface area contributed by atoms with Crippen molar-refractivity contribution in [2.75, 3.05) is 45.9 Å². The quantitative estimate of drug-likeness (QED) is 0.255. The van der Waals surface area contributed by atoms with Gasteiger partial charge in [-0.05, 0) is 38.0 Å². The molecule has 2 rings (SSSR count). The van der Waals surface area contributed by atoms with E-state index in [-0.39, 0.29) is 30.8 Å². The van der Waals surface area contributed by atoms with E-state index < -0.39 is 16.1 Å². The van der Waals surface area contributed by atoms with E-state index >= 15 is 0 Å². The van der Waals surface area contributed by atoms with Crippen molar-refractivity contribution in [1.29, 1.82) is 0 Å². The van der Waals surface area contributed by atoms with E-state index in [9.17, 15) is 18.0 Å². The van der Waals surface area contributed by atoms with Crippen LogP contribution in [0.15, 0.2) is 29.2 Å². The minimum Gasteiger partial charge on any atom is -0.462 e. The van der Waals surface area contributed by atoms with Crippen LogP contribution in [0.2, 0.25) is 0 Å². The second-order valence-corrected chi connectivity index (χ2v) is 8.37.